The van der Waals surface area contributed by atoms with Crippen molar-refractivity contribution in [2.75, 3.05) is 13.2 Å². The molecule has 1 saturated carbocycles. The van der Waals surface area contributed by atoms with Crippen LogP contribution in [0.15, 0.2) is 0 Å². The van der Waals surface area contributed by atoms with E-state index in [4.69, 9.17) is 10.5 Å². The van der Waals surface area contributed by atoms with Crippen molar-refractivity contribution in [1.82, 2.24) is 0 Å². The highest BCUT2D eigenvalue weighted by atomic mass is 16.5. The Hall–Kier alpha value is -0.120. The SMILES string of the molecule is CC(O)(CCN)C1CCOC2(CCC2)C1. The van der Waals surface area contributed by atoms with Crippen molar-refractivity contribution in [3.8, 4) is 0 Å². The molecule has 3 N–H and O–H groups in total. The fourth-order valence-corrected chi connectivity index (χ4v) is 2.97. The van der Waals surface area contributed by atoms with Crippen LogP contribution in [0, 0.1) is 5.92 Å². The molecule has 2 atom stereocenters. The Balaban J connectivity index is 1.97. The summed E-state index contributed by atoms with van der Waals surface area (Å²) < 4.78 is 5.86. The third kappa shape index (κ3) is 2.19. The Morgan fingerprint density at radius 1 is 1.53 bits per heavy atom. The highest BCUT2D eigenvalue weighted by Crippen LogP contribution is 2.47. The van der Waals surface area contributed by atoms with Crippen molar-refractivity contribution in [3.05, 3.63) is 0 Å². The molecular weight excluding hydrogens is 190 g/mol. The van der Waals surface area contributed by atoms with Gasteiger partial charge in [-0.2, -0.15) is 0 Å². The van der Waals surface area contributed by atoms with Crippen LogP contribution >= 0.6 is 0 Å². The molecule has 2 fully saturated rings. The van der Waals surface area contributed by atoms with Gasteiger partial charge in [0.2, 0.25) is 0 Å². The van der Waals surface area contributed by atoms with Crippen molar-refractivity contribution in [2.45, 2.75) is 56.7 Å². The van der Waals surface area contributed by atoms with Crippen LogP contribution in [0.5, 0.6) is 0 Å². The summed E-state index contributed by atoms with van der Waals surface area (Å²) in [5, 5.41) is 10.4. The highest BCUT2D eigenvalue weighted by molar-refractivity contribution is 4.98. The van der Waals surface area contributed by atoms with Crippen LogP contribution in [0.25, 0.3) is 0 Å². The lowest BCUT2D eigenvalue weighted by atomic mass is 9.67. The zero-order valence-electron chi connectivity index (χ0n) is 9.67. The van der Waals surface area contributed by atoms with Gasteiger partial charge in [0.15, 0.2) is 0 Å². The van der Waals surface area contributed by atoms with E-state index in [1.807, 2.05) is 6.92 Å². The minimum Gasteiger partial charge on any atom is -0.390 e. The molecule has 2 rings (SSSR count). The summed E-state index contributed by atoms with van der Waals surface area (Å²) >= 11 is 0. The first-order valence-corrected chi connectivity index (χ1v) is 6.14. The molecule has 0 aromatic carbocycles. The Kier molecular flexibility index (Phi) is 3.06. The number of ether oxygens (including phenoxy) is 1. The molecular formula is C12H23NO2. The first kappa shape index (κ1) is 11.4. The second-order valence-electron chi connectivity index (χ2n) is 5.47. The molecule has 0 aromatic rings. The molecule has 3 nitrogen and oxygen atoms in total. The summed E-state index contributed by atoms with van der Waals surface area (Å²) in [6.07, 6.45) is 6.36. The van der Waals surface area contributed by atoms with Crippen molar-refractivity contribution >= 4 is 0 Å². The summed E-state index contributed by atoms with van der Waals surface area (Å²) in [7, 11) is 0. The van der Waals surface area contributed by atoms with Gasteiger partial charge in [-0.05, 0) is 57.9 Å². The number of hydrogen-bond acceptors (Lipinski definition) is 3. The van der Waals surface area contributed by atoms with Crippen LogP contribution in [0.3, 0.4) is 0 Å². The summed E-state index contributed by atoms with van der Waals surface area (Å²) in [5.74, 6) is 0.370. The smallest absolute Gasteiger partial charge is 0.0686 e. The standard InChI is InChI=1S/C12H23NO2/c1-11(14,6-7-13)10-3-8-15-12(9-10)4-2-5-12/h10,14H,2-9,13H2,1H3. The molecule has 0 bridgehead atoms. The fourth-order valence-electron chi connectivity index (χ4n) is 2.97. The zero-order valence-corrected chi connectivity index (χ0v) is 9.67. The van der Waals surface area contributed by atoms with E-state index >= 15 is 0 Å². The third-order valence-electron chi connectivity index (χ3n) is 4.29. The number of hydrogen-bond donors (Lipinski definition) is 2. The monoisotopic (exact) mass is 213 g/mol. The van der Waals surface area contributed by atoms with E-state index in [0.717, 1.165) is 19.4 Å². The lowest BCUT2D eigenvalue weighted by molar-refractivity contribution is -0.172. The maximum Gasteiger partial charge on any atom is 0.0686 e. The van der Waals surface area contributed by atoms with Crippen LogP contribution in [-0.4, -0.2) is 29.5 Å². The normalized spacial score (nSPS) is 33.4. The first-order chi connectivity index (χ1) is 7.08. The maximum atomic E-state index is 10.4. The predicted molar refractivity (Wildman–Crippen MR) is 59.6 cm³/mol. The van der Waals surface area contributed by atoms with Crippen LogP contribution in [-0.2, 0) is 4.74 Å². The molecule has 1 saturated heterocycles. The zero-order chi connectivity index (χ0) is 10.9. The Morgan fingerprint density at radius 3 is 2.80 bits per heavy atom. The van der Waals surface area contributed by atoms with Gasteiger partial charge in [-0.3, -0.25) is 0 Å². The van der Waals surface area contributed by atoms with Crippen LogP contribution in [0.2, 0.25) is 0 Å². The van der Waals surface area contributed by atoms with Gasteiger partial charge < -0.3 is 15.6 Å². The largest absolute Gasteiger partial charge is 0.390 e. The third-order valence-corrected chi connectivity index (χ3v) is 4.29. The molecule has 0 aromatic heterocycles. The van der Waals surface area contributed by atoms with Crippen molar-refractivity contribution in [3.63, 3.8) is 0 Å². The van der Waals surface area contributed by atoms with E-state index in [1.165, 1.54) is 19.3 Å². The first-order valence-electron chi connectivity index (χ1n) is 6.14. The van der Waals surface area contributed by atoms with E-state index in [0.29, 0.717) is 18.9 Å². The summed E-state index contributed by atoms with van der Waals surface area (Å²) in [5.41, 5.74) is 5.07. The second-order valence-corrected chi connectivity index (χ2v) is 5.47. The molecule has 3 heteroatoms. The Bertz CT molecular complexity index is 224. The average molecular weight is 213 g/mol. The quantitative estimate of drug-likeness (QED) is 0.746. The van der Waals surface area contributed by atoms with E-state index in [9.17, 15) is 5.11 Å². The number of nitrogens with two attached hydrogens (primary N) is 1. The lowest BCUT2D eigenvalue weighted by Crippen LogP contribution is -2.51. The molecule has 1 aliphatic carbocycles. The van der Waals surface area contributed by atoms with Gasteiger partial charge in [-0.1, -0.05) is 0 Å². The molecule has 1 spiro atoms. The van der Waals surface area contributed by atoms with Gasteiger partial charge in [0.25, 0.3) is 0 Å². The molecule has 2 unspecified atom stereocenters. The van der Waals surface area contributed by atoms with Crippen LogP contribution in [0.1, 0.15) is 45.4 Å². The Morgan fingerprint density at radius 2 is 2.27 bits per heavy atom. The average Bonchev–Trinajstić information content (AvgIpc) is 2.16. The number of aliphatic hydroxyl groups is 1. The maximum absolute atomic E-state index is 10.4. The summed E-state index contributed by atoms with van der Waals surface area (Å²) in [6.45, 7) is 3.31. The predicted octanol–water partition coefficient (Wildman–Crippen LogP) is 1.44. The van der Waals surface area contributed by atoms with Gasteiger partial charge >= 0.3 is 0 Å². The summed E-state index contributed by atoms with van der Waals surface area (Å²) in [4.78, 5) is 0. The molecule has 1 aliphatic heterocycles. The minimum absolute atomic E-state index is 0.126. The topological polar surface area (TPSA) is 55.5 Å². The Labute approximate surface area is 92.0 Å². The van der Waals surface area contributed by atoms with Crippen LogP contribution in [0.4, 0.5) is 0 Å². The van der Waals surface area contributed by atoms with Crippen LogP contribution < -0.4 is 5.73 Å². The van der Waals surface area contributed by atoms with Crippen molar-refractivity contribution in [1.29, 1.82) is 0 Å². The van der Waals surface area contributed by atoms with Gasteiger partial charge in [-0.15, -0.1) is 0 Å². The van der Waals surface area contributed by atoms with E-state index in [2.05, 4.69) is 0 Å². The van der Waals surface area contributed by atoms with E-state index in [-0.39, 0.29) is 5.60 Å². The van der Waals surface area contributed by atoms with Gasteiger partial charge in [-0.25, -0.2) is 0 Å². The second kappa shape index (κ2) is 4.04. The highest BCUT2D eigenvalue weighted by Gasteiger charge is 2.46. The fraction of sp³-hybridized carbons (Fsp3) is 1.00. The van der Waals surface area contributed by atoms with E-state index < -0.39 is 5.60 Å². The molecule has 0 radical (unpaired) electrons. The van der Waals surface area contributed by atoms with Crippen molar-refractivity contribution in [2.24, 2.45) is 11.7 Å². The minimum atomic E-state index is -0.596. The lowest BCUT2D eigenvalue weighted by Gasteiger charge is -2.50. The van der Waals surface area contributed by atoms with Gasteiger partial charge in [0.1, 0.15) is 0 Å². The van der Waals surface area contributed by atoms with Crippen molar-refractivity contribution < 1.29 is 9.84 Å². The van der Waals surface area contributed by atoms with E-state index in [1.54, 1.807) is 0 Å². The number of rotatable bonds is 3. The summed E-state index contributed by atoms with van der Waals surface area (Å²) in [6, 6.07) is 0. The molecule has 15 heavy (non-hydrogen) atoms. The molecule has 2 aliphatic rings. The van der Waals surface area contributed by atoms with Gasteiger partial charge in [0, 0.05) is 6.61 Å². The molecule has 88 valence electrons. The molecule has 0 amide bonds. The van der Waals surface area contributed by atoms with Gasteiger partial charge in [0.05, 0.1) is 11.2 Å². The molecule has 1 heterocycles.